The third-order valence-corrected chi connectivity index (χ3v) is 3.08. The molecule has 19 heavy (non-hydrogen) atoms. The van der Waals surface area contributed by atoms with Crippen LogP contribution in [0.15, 0.2) is 17.6 Å². The topological polar surface area (TPSA) is 107 Å². The molecule has 0 aromatic carbocycles. The van der Waals surface area contributed by atoms with Gasteiger partial charge in [0.15, 0.2) is 0 Å². The molecule has 0 radical (unpaired) electrons. The van der Waals surface area contributed by atoms with E-state index in [1.165, 1.54) is 11.3 Å². The predicted molar refractivity (Wildman–Crippen MR) is 70.5 cm³/mol. The Morgan fingerprint density at radius 2 is 2.32 bits per heavy atom. The van der Waals surface area contributed by atoms with Crippen LogP contribution in [-0.4, -0.2) is 27.1 Å². The van der Waals surface area contributed by atoms with E-state index in [2.05, 4.69) is 20.6 Å². The van der Waals surface area contributed by atoms with Crippen LogP contribution in [0, 0.1) is 6.92 Å². The number of carboxylic acids is 1. The van der Waals surface area contributed by atoms with Crippen molar-refractivity contribution in [1.82, 2.24) is 15.3 Å². The van der Waals surface area contributed by atoms with E-state index < -0.39 is 12.0 Å². The van der Waals surface area contributed by atoms with Gasteiger partial charge in [0.1, 0.15) is 10.7 Å². The van der Waals surface area contributed by atoms with Crippen molar-refractivity contribution in [2.75, 3.05) is 5.32 Å². The second-order valence-electron chi connectivity index (χ2n) is 3.78. The average Bonchev–Trinajstić information content (AvgIpc) is 2.96. The van der Waals surface area contributed by atoms with E-state index in [-0.39, 0.29) is 11.4 Å². The fourth-order valence-electron chi connectivity index (χ4n) is 1.52. The van der Waals surface area contributed by atoms with Crippen LogP contribution in [0.5, 0.6) is 0 Å². The summed E-state index contributed by atoms with van der Waals surface area (Å²) in [5.74, 6) is -1.12. The summed E-state index contributed by atoms with van der Waals surface area (Å²) in [5, 5.41) is 16.6. The van der Waals surface area contributed by atoms with Gasteiger partial charge in [0.2, 0.25) is 0 Å². The van der Waals surface area contributed by atoms with Crippen molar-refractivity contribution in [1.29, 1.82) is 0 Å². The van der Waals surface area contributed by atoms with Crippen LogP contribution in [0.3, 0.4) is 0 Å². The number of nitrogens with one attached hydrogen (secondary N) is 3. The highest BCUT2D eigenvalue weighted by Crippen LogP contribution is 2.16. The lowest BCUT2D eigenvalue weighted by Crippen LogP contribution is -2.28. The molecule has 0 aliphatic carbocycles. The molecule has 2 heterocycles. The van der Waals surface area contributed by atoms with Crippen molar-refractivity contribution in [3.05, 3.63) is 34.0 Å². The Morgan fingerprint density at radius 1 is 1.53 bits per heavy atom. The van der Waals surface area contributed by atoms with Gasteiger partial charge in [-0.2, -0.15) is 0 Å². The maximum absolute atomic E-state index is 11.6. The summed E-state index contributed by atoms with van der Waals surface area (Å²) in [4.78, 5) is 29.3. The van der Waals surface area contributed by atoms with Crippen LogP contribution in [0.1, 0.15) is 21.2 Å². The number of nitrogens with zero attached hydrogens (tertiary/aromatic N) is 1. The molecule has 0 saturated carbocycles. The smallest absolute Gasteiger partial charge is 0.354 e. The van der Waals surface area contributed by atoms with Crippen molar-refractivity contribution >= 4 is 29.0 Å². The van der Waals surface area contributed by atoms with Crippen molar-refractivity contribution in [2.24, 2.45) is 0 Å². The number of carbonyl (C=O) groups excluding carboxylic acids is 1. The SMILES string of the molecule is Cc1cc(NC(=O)NCc2nccs2)c(C(=O)O)[nH]1. The summed E-state index contributed by atoms with van der Waals surface area (Å²) >= 11 is 1.43. The number of carboxylic acid groups (broad SMARTS) is 1. The van der Waals surface area contributed by atoms with Gasteiger partial charge in [-0.1, -0.05) is 0 Å². The number of hydrogen-bond acceptors (Lipinski definition) is 4. The zero-order valence-corrected chi connectivity index (χ0v) is 10.9. The van der Waals surface area contributed by atoms with E-state index in [9.17, 15) is 9.59 Å². The third kappa shape index (κ3) is 3.32. The third-order valence-electron chi connectivity index (χ3n) is 2.30. The van der Waals surface area contributed by atoms with Crippen LogP contribution in [-0.2, 0) is 6.54 Å². The zero-order chi connectivity index (χ0) is 13.8. The van der Waals surface area contributed by atoms with Crippen LogP contribution in [0.25, 0.3) is 0 Å². The number of thiazole rings is 1. The van der Waals surface area contributed by atoms with Crippen LogP contribution in [0.2, 0.25) is 0 Å². The van der Waals surface area contributed by atoms with E-state index in [1.54, 1.807) is 19.2 Å². The predicted octanol–water partition coefficient (Wildman–Crippen LogP) is 1.80. The molecule has 2 amide bonds. The average molecular weight is 280 g/mol. The number of amides is 2. The van der Waals surface area contributed by atoms with Gasteiger partial charge in [0, 0.05) is 17.3 Å². The normalized spacial score (nSPS) is 10.2. The fourth-order valence-corrected chi connectivity index (χ4v) is 2.08. The van der Waals surface area contributed by atoms with E-state index in [0.29, 0.717) is 12.2 Å². The first-order valence-corrected chi connectivity index (χ1v) is 6.30. The maximum Gasteiger partial charge on any atom is 0.354 e. The van der Waals surface area contributed by atoms with Gasteiger partial charge < -0.3 is 20.7 Å². The Labute approximate surface area is 112 Å². The second-order valence-corrected chi connectivity index (χ2v) is 4.76. The van der Waals surface area contributed by atoms with Crippen molar-refractivity contribution < 1.29 is 14.7 Å². The number of rotatable bonds is 4. The molecule has 8 heteroatoms. The molecular formula is C11H12N4O3S. The van der Waals surface area contributed by atoms with Crippen LogP contribution < -0.4 is 10.6 Å². The number of carbonyl (C=O) groups is 2. The summed E-state index contributed by atoms with van der Waals surface area (Å²) < 4.78 is 0. The molecule has 2 aromatic rings. The summed E-state index contributed by atoms with van der Waals surface area (Å²) in [5.41, 5.74) is 0.858. The molecule has 0 fully saturated rings. The van der Waals surface area contributed by atoms with Gasteiger partial charge in [0.05, 0.1) is 12.2 Å². The number of anilines is 1. The molecule has 2 rings (SSSR count). The molecule has 0 aliphatic heterocycles. The Morgan fingerprint density at radius 3 is 2.95 bits per heavy atom. The first-order chi connectivity index (χ1) is 9.06. The Bertz CT molecular complexity index is 591. The molecule has 0 aliphatic rings. The van der Waals surface area contributed by atoms with Gasteiger partial charge in [-0.05, 0) is 13.0 Å². The molecular weight excluding hydrogens is 268 g/mol. The lowest BCUT2D eigenvalue weighted by molar-refractivity contribution is 0.0692. The second kappa shape index (κ2) is 5.53. The van der Waals surface area contributed by atoms with Crippen LogP contribution in [0.4, 0.5) is 10.5 Å². The largest absolute Gasteiger partial charge is 0.477 e. The molecule has 0 bridgehead atoms. The van der Waals surface area contributed by atoms with E-state index in [0.717, 1.165) is 5.01 Å². The van der Waals surface area contributed by atoms with E-state index >= 15 is 0 Å². The quantitative estimate of drug-likeness (QED) is 0.685. The lowest BCUT2D eigenvalue weighted by Gasteiger charge is -2.05. The number of aromatic nitrogens is 2. The number of aromatic amines is 1. The van der Waals surface area contributed by atoms with Crippen molar-refractivity contribution in [3.63, 3.8) is 0 Å². The molecule has 100 valence electrons. The first kappa shape index (κ1) is 13.1. The van der Waals surface area contributed by atoms with Gasteiger partial charge in [0.25, 0.3) is 0 Å². The Kier molecular flexibility index (Phi) is 3.81. The minimum atomic E-state index is -1.12. The number of urea groups is 1. The highest BCUT2D eigenvalue weighted by Gasteiger charge is 2.15. The summed E-state index contributed by atoms with van der Waals surface area (Å²) in [6.07, 6.45) is 1.65. The Hall–Kier alpha value is -2.35. The van der Waals surface area contributed by atoms with Gasteiger partial charge >= 0.3 is 12.0 Å². The molecule has 4 N–H and O–H groups in total. The minimum Gasteiger partial charge on any atom is -0.477 e. The van der Waals surface area contributed by atoms with E-state index in [1.807, 2.05) is 5.38 Å². The Balaban J connectivity index is 1.97. The molecule has 0 unspecified atom stereocenters. The monoisotopic (exact) mass is 280 g/mol. The molecule has 0 atom stereocenters. The lowest BCUT2D eigenvalue weighted by atomic mass is 10.3. The summed E-state index contributed by atoms with van der Waals surface area (Å²) in [6, 6.07) is 1.09. The first-order valence-electron chi connectivity index (χ1n) is 5.42. The number of aromatic carboxylic acids is 1. The standard InChI is InChI=1S/C11H12N4O3S/c1-6-4-7(9(14-6)10(16)17)15-11(18)13-5-8-12-2-3-19-8/h2-4,14H,5H2,1H3,(H,16,17)(H2,13,15,18). The summed E-state index contributed by atoms with van der Waals surface area (Å²) in [6.45, 7) is 2.01. The summed E-state index contributed by atoms with van der Waals surface area (Å²) in [7, 11) is 0. The van der Waals surface area contributed by atoms with Crippen molar-refractivity contribution in [3.8, 4) is 0 Å². The van der Waals surface area contributed by atoms with E-state index in [4.69, 9.17) is 5.11 Å². The van der Waals surface area contributed by atoms with Gasteiger partial charge in [-0.15, -0.1) is 11.3 Å². The minimum absolute atomic E-state index is 0.0399. The highest BCUT2D eigenvalue weighted by molar-refractivity contribution is 7.09. The molecule has 0 spiro atoms. The molecule has 7 nitrogen and oxygen atoms in total. The fraction of sp³-hybridized carbons (Fsp3) is 0.182. The van der Waals surface area contributed by atoms with Gasteiger partial charge in [-0.25, -0.2) is 14.6 Å². The van der Waals surface area contributed by atoms with Gasteiger partial charge in [-0.3, -0.25) is 0 Å². The van der Waals surface area contributed by atoms with Crippen molar-refractivity contribution in [2.45, 2.75) is 13.5 Å². The zero-order valence-electron chi connectivity index (χ0n) is 10.1. The molecule has 0 saturated heterocycles. The number of H-pyrrole nitrogens is 1. The maximum atomic E-state index is 11.6. The number of hydrogen-bond donors (Lipinski definition) is 4. The molecule has 2 aromatic heterocycles. The number of aryl methyl sites for hydroxylation is 1. The highest BCUT2D eigenvalue weighted by atomic mass is 32.1. The van der Waals surface area contributed by atoms with Crippen LogP contribution >= 0.6 is 11.3 Å².